The van der Waals surface area contributed by atoms with Crippen LogP contribution in [0.3, 0.4) is 0 Å². The minimum Gasteiger partial charge on any atom is -0.494 e. The Morgan fingerprint density at radius 1 is 1.00 bits per heavy atom. The summed E-state index contributed by atoms with van der Waals surface area (Å²) >= 11 is 1.42. The van der Waals surface area contributed by atoms with E-state index in [-0.39, 0.29) is 17.6 Å². The van der Waals surface area contributed by atoms with E-state index in [4.69, 9.17) is 4.74 Å². The van der Waals surface area contributed by atoms with Gasteiger partial charge in [0.15, 0.2) is 0 Å². The minimum atomic E-state index is -0.362. The van der Waals surface area contributed by atoms with Crippen molar-refractivity contribution in [1.82, 2.24) is 10.9 Å². The zero-order valence-electron chi connectivity index (χ0n) is 15.1. The van der Waals surface area contributed by atoms with Crippen molar-refractivity contribution in [1.29, 1.82) is 0 Å². The first-order chi connectivity index (χ1) is 12.6. The maximum atomic E-state index is 12.1. The summed E-state index contributed by atoms with van der Waals surface area (Å²) in [6, 6.07) is 14.8. The summed E-state index contributed by atoms with van der Waals surface area (Å²) in [6.07, 6.45) is 2.07. The van der Waals surface area contributed by atoms with Crippen LogP contribution in [0.4, 0.5) is 0 Å². The molecule has 0 heterocycles. The summed E-state index contributed by atoms with van der Waals surface area (Å²) in [5.74, 6) is 0.337. The summed E-state index contributed by atoms with van der Waals surface area (Å²) in [5, 5.41) is 0. The first-order valence-corrected chi connectivity index (χ1v) is 9.58. The van der Waals surface area contributed by atoms with Crippen LogP contribution in [-0.4, -0.2) is 24.2 Å². The maximum Gasteiger partial charge on any atom is 0.269 e. The molecule has 2 aromatic rings. The van der Waals surface area contributed by atoms with E-state index in [0.717, 1.165) is 23.5 Å². The lowest BCUT2D eigenvalue weighted by Crippen LogP contribution is -2.42. The number of carbonyl (C=O) groups excluding carboxylic acids is 2. The second-order valence-electron chi connectivity index (χ2n) is 5.83. The maximum absolute atomic E-state index is 12.1. The Balaban J connectivity index is 1.73. The number of nitrogens with one attached hydrogen (secondary N) is 2. The fourth-order valence-corrected chi connectivity index (χ4v) is 2.75. The summed E-state index contributed by atoms with van der Waals surface area (Å²) in [5.41, 5.74) is 6.48. The van der Waals surface area contributed by atoms with E-state index in [9.17, 15) is 9.59 Å². The van der Waals surface area contributed by atoms with Crippen LogP contribution in [0.1, 0.15) is 35.7 Å². The summed E-state index contributed by atoms with van der Waals surface area (Å²) in [4.78, 5) is 24.9. The Kier molecular flexibility index (Phi) is 8.02. The number of amides is 2. The highest BCUT2D eigenvalue weighted by molar-refractivity contribution is 8.00. The van der Waals surface area contributed by atoms with Crippen LogP contribution in [0.5, 0.6) is 5.75 Å². The molecule has 0 fully saturated rings. The SMILES string of the molecule is CCCCOc1ccc(C(=O)NNC(=O)CSc2ccc(C)cc2)cc1. The van der Waals surface area contributed by atoms with E-state index >= 15 is 0 Å². The summed E-state index contributed by atoms with van der Waals surface area (Å²) < 4.78 is 5.56. The largest absolute Gasteiger partial charge is 0.494 e. The number of unbranched alkanes of at least 4 members (excludes halogenated alkanes) is 1. The Morgan fingerprint density at radius 2 is 1.69 bits per heavy atom. The van der Waals surface area contributed by atoms with E-state index in [2.05, 4.69) is 17.8 Å². The van der Waals surface area contributed by atoms with E-state index in [1.165, 1.54) is 17.3 Å². The van der Waals surface area contributed by atoms with Gasteiger partial charge < -0.3 is 4.74 Å². The fourth-order valence-electron chi connectivity index (χ4n) is 2.05. The topological polar surface area (TPSA) is 67.4 Å². The second kappa shape index (κ2) is 10.5. The van der Waals surface area contributed by atoms with Crippen molar-refractivity contribution in [3.8, 4) is 5.75 Å². The van der Waals surface area contributed by atoms with E-state index in [1.807, 2.05) is 31.2 Å². The number of benzene rings is 2. The van der Waals surface area contributed by atoms with Crippen LogP contribution in [0.15, 0.2) is 53.4 Å². The lowest BCUT2D eigenvalue weighted by Gasteiger charge is -2.09. The third-order valence-electron chi connectivity index (χ3n) is 3.59. The van der Waals surface area contributed by atoms with Crippen molar-refractivity contribution in [3.63, 3.8) is 0 Å². The fraction of sp³-hybridized carbons (Fsp3) is 0.300. The third-order valence-corrected chi connectivity index (χ3v) is 4.60. The molecule has 0 saturated carbocycles. The molecule has 0 bridgehead atoms. The predicted octanol–water partition coefficient (Wildman–Crippen LogP) is 3.73. The van der Waals surface area contributed by atoms with Crippen LogP contribution in [0.2, 0.25) is 0 Å². The number of carbonyl (C=O) groups is 2. The molecular weight excluding hydrogens is 348 g/mol. The van der Waals surface area contributed by atoms with Crippen LogP contribution in [0.25, 0.3) is 0 Å². The van der Waals surface area contributed by atoms with Gasteiger partial charge in [-0.25, -0.2) is 0 Å². The molecule has 2 rings (SSSR count). The lowest BCUT2D eigenvalue weighted by atomic mass is 10.2. The molecule has 0 saturated heterocycles. The van der Waals surface area contributed by atoms with Gasteiger partial charge in [0.2, 0.25) is 5.91 Å². The second-order valence-corrected chi connectivity index (χ2v) is 6.88. The van der Waals surface area contributed by atoms with Crippen LogP contribution < -0.4 is 15.6 Å². The molecule has 2 amide bonds. The number of aryl methyl sites for hydroxylation is 1. The number of thioether (sulfide) groups is 1. The lowest BCUT2D eigenvalue weighted by molar-refractivity contribution is -0.119. The van der Waals surface area contributed by atoms with Gasteiger partial charge in [-0.3, -0.25) is 20.4 Å². The molecule has 0 radical (unpaired) electrons. The van der Waals surface area contributed by atoms with Crippen LogP contribution >= 0.6 is 11.8 Å². The molecular formula is C20H24N2O3S. The van der Waals surface area contributed by atoms with Crippen LogP contribution in [0, 0.1) is 6.92 Å². The molecule has 2 aromatic carbocycles. The molecule has 138 valence electrons. The molecule has 0 aromatic heterocycles. The van der Waals surface area contributed by atoms with Gasteiger partial charge in [-0.2, -0.15) is 0 Å². The van der Waals surface area contributed by atoms with Gasteiger partial charge >= 0.3 is 0 Å². The Morgan fingerprint density at radius 3 is 2.35 bits per heavy atom. The molecule has 0 unspecified atom stereocenters. The molecule has 6 heteroatoms. The molecule has 26 heavy (non-hydrogen) atoms. The smallest absolute Gasteiger partial charge is 0.269 e. The molecule has 2 N–H and O–H groups in total. The van der Waals surface area contributed by atoms with Crippen molar-refractivity contribution >= 4 is 23.6 Å². The minimum absolute atomic E-state index is 0.230. The standard InChI is InChI=1S/C20H24N2O3S/c1-3-4-13-25-17-9-7-16(8-10-17)20(24)22-21-19(23)14-26-18-11-5-15(2)6-12-18/h5-12H,3-4,13-14H2,1-2H3,(H,21,23)(H,22,24). The van der Waals surface area contributed by atoms with Gasteiger partial charge in [0.1, 0.15) is 5.75 Å². The number of hydrazine groups is 1. The first-order valence-electron chi connectivity index (χ1n) is 8.60. The molecule has 0 aliphatic heterocycles. The van der Waals surface area contributed by atoms with Crippen molar-refractivity contribution < 1.29 is 14.3 Å². The van der Waals surface area contributed by atoms with Crippen LogP contribution in [-0.2, 0) is 4.79 Å². The van der Waals surface area contributed by atoms with Gasteiger partial charge in [0.05, 0.1) is 12.4 Å². The van der Waals surface area contributed by atoms with Gasteiger partial charge in [-0.15, -0.1) is 11.8 Å². The Labute approximate surface area is 158 Å². The van der Waals surface area contributed by atoms with E-state index < -0.39 is 0 Å². The molecule has 0 aliphatic rings. The molecule has 0 spiro atoms. The molecule has 0 aliphatic carbocycles. The average Bonchev–Trinajstić information content (AvgIpc) is 2.66. The van der Waals surface area contributed by atoms with Gasteiger partial charge in [-0.1, -0.05) is 31.0 Å². The quantitative estimate of drug-likeness (QED) is 0.421. The number of ether oxygens (including phenoxy) is 1. The predicted molar refractivity (Wildman–Crippen MR) is 104 cm³/mol. The van der Waals surface area contributed by atoms with Crippen molar-refractivity contribution in [2.24, 2.45) is 0 Å². The van der Waals surface area contributed by atoms with Crippen molar-refractivity contribution in [2.75, 3.05) is 12.4 Å². The van der Waals surface area contributed by atoms with Gasteiger partial charge in [0, 0.05) is 10.5 Å². The van der Waals surface area contributed by atoms with Crippen molar-refractivity contribution in [3.05, 3.63) is 59.7 Å². The zero-order valence-corrected chi connectivity index (χ0v) is 15.9. The summed E-state index contributed by atoms with van der Waals surface area (Å²) in [6.45, 7) is 4.78. The third kappa shape index (κ3) is 6.80. The highest BCUT2D eigenvalue weighted by Gasteiger charge is 2.08. The average molecular weight is 372 g/mol. The monoisotopic (exact) mass is 372 g/mol. The number of hydrogen-bond donors (Lipinski definition) is 2. The Hall–Kier alpha value is -2.47. The molecule has 5 nitrogen and oxygen atoms in total. The van der Waals surface area contributed by atoms with Gasteiger partial charge in [0.25, 0.3) is 5.91 Å². The summed E-state index contributed by atoms with van der Waals surface area (Å²) in [7, 11) is 0. The normalized spacial score (nSPS) is 10.2. The highest BCUT2D eigenvalue weighted by Crippen LogP contribution is 2.17. The number of hydrogen-bond acceptors (Lipinski definition) is 4. The molecule has 0 atom stereocenters. The zero-order chi connectivity index (χ0) is 18.8. The highest BCUT2D eigenvalue weighted by atomic mass is 32.2. The van der Waals surface area contributed by atoms with Crippen molar-refractivity contribution in [2.45, 2.75) is 31.6 Å². The first kappa shape index (κ1) is 19.8. The van der Waals surface area contributed by atoms with Gasteiger partial charge in [-0.05, 0) is 49.7 Å². The van der Waals surface area contributed by atoms with E-state index in [1.54, 1.807) is 24.3 Å². The number of rotatable bonds is 8. The Bertz CT molecular complexity index is 715. The van der Waals surface area contributed by atoms with E-state index in [0.29, 0.717) is 12.2 Å².